The summed E-state index contributed by atoms with van der Waals surface area (Å²) >= 11 is 0. The van der Waals surface area contributed by atoms with Crippen molar-refractivity contribution < 1.29 is 75.1 Å². The summed E-state index contributed by atoms with van der Waals surface area (Å²) in [5, 5.41) is 108. The first-order chi connectivity index (χ1) is 14.9. The fourth-order valence-electron chi connectivity index (χ4n) is 3.30. The molecule has 0 saturated carbocycles. The predicted molar refractivity (Wildman–Crippen MR) is 97.2 cm³/mol. The first-order valence-electron chi connectivity index (χ1n) is 9.90. The zero-order chi connectivity index (χ0) is 24.3. The average Bonchev–Trinajstić information content (AvgIpc) is 2.76. The molecular weight excluding hydrogens is 444 g/mol. The second kappa shape index (κ2) is 11.7. The molecule has 14 unspecified atom stereocenters. The Bertz CT molecular complexity index is 564. The number of hydrogen-bond acceptors (Lipinski definition) is 15. The van der Waals surface area contributed by atoms with E-state index in [1.165, 1.54) is 0 Å². The maximum atomic E-state index is 10.5. The zero-order valence-corrected chi connectivity index (χ0v) is 17.0. The summed E-state index contributed by atoms with van der Waals surface area (Å²) in [6.45, 7) is -0.279. The molecule has 0 aromatic carbocycles. The van der Waals surface area contributed by atoms with Crippen LogP contribution in [-0.2, 0) is 18.9 Å². The van der Waals surface area contributed by atoms with Crippen LogP contribution in [0.15, 0.2) is 0 Å². The van der Waals surface area contributed by atoms with E-state index in [4.69, 9.17) is 18.9 Å². The fourth-order valence-corrected chi connectivity index (χ4v) is 3.30. The molecule has 0 bridgehead atoms. The van der Waals surface area contributed by atoms with Gasteiger partial charge in [-0.2, -0.15) is 0 Å². The van der Waals surface area contributed by atoms with Crippen LogP contribution < -0.4 is 0 Å². The Hall–Kier alpha value is -0.600. The van der Waals surface area contributed by atoms with E-state index in [0.717, 1.165) is 6.92 Å². The molecule has 0 aliphatic carbocycles. The van der Waals surface area contributed by atoms with E-state index >= 15 is 0 Å². The van der Waals surface area contributed by atoms with Gasteiger partial charge in [-0.25, -0.2) is 0 Å². The Kier molecular flexibility index (Phi) is 10.1. The molecule has 0 aromatic heterocycles. The van der Waals surface area contributed by atoms with Crippen molar-refractivity contribution in [1.82, 2.24) is 0 Å². The Labute approximate surface area is 182 Å². The van der Waals surface area contributed by atoms with Crippen LogP contribution in [0, 0.1) is 0 Å². The molecule has 2 saturated heterocycles. The van der Waals surface area contributed by atoms with Crippen molar-refractivity contribution >= 4 is 0 Å². The van der Waals surface area contributed by atoms with Crippen molar-refractivity contribution in [2.75, 3.05) is 13.2 Å². The minimum Gasteiger partial charge on any atom is -0.394 e. The van der Waals surface area contributed by atoms with E-state index < -0.39 is 99.2 Å². The molecule has 2 aliphatic heterocycles. The van der Waals surface area contributed by atoms with Crippen LogP contribution in [-0.4, -0.2) is 155 Å². The maximum Gasteiger partial charge on any atom is 0.187 e. The lowest BCUT2D eigenvalue weighted by molar-refractivity contribution is -0.358. The largest absolute Gasteiger partial charge is 0.394 e. The maximum absolute atomic E-state index is 10.5. The van der Waals surface area contributed by atoms with E-state index in [0.29, 0.717) is 0 Å². The van der Waals surface area contributed by atoms with Crippen molar-refractivity contribution in [3.05, 3.63) is 0 Å². The molecular formula is C17H32O15. The van der Waals surface area contributed by atoms with Crippen molar-refractivity contribution in [3.63, 3.8) is 0 Å². The van der Waals surface area contributed by atoms with Gasteiger partial charge in [0.25, 0.3) is 0 Å². The van der Waals surface area contributed by atoms with Crippen LogP contribution in [0.2, 0.25) is 0 Å². The molecule has 15 heteroatoms. The molecule has 11 N–H and O–H groups in total. The summed E-state index contributed by atoms with van der Waals surface area (Å²) in [7, 11) is 0. The van der Waals surface area contributed by atoms with Gasteiger partial charge in [-0.15, -0.1) is 0 Å². The Balaban J connectivity index is 2.04. The molecule has 2 heterocycles. The average molecular weight is 476 g/mol. The van der Waals surface area contributed by atoms with Crippen LogP contribution in [0.25, 0.3) is 0 Å². The van der Waals surface area contributed by atoms with Gasteiger partial charge in [0.15, 0.2) is 18.9 Å². The summed E-state index contributed by atoms with van der Waals surface area (Å²) in [4.78, 5) is 0. The molecule has 0 aromatic rings. The molecule has 2 aliphatic rings. The third-order valence-corrected chi connectivity index (χ3v) is 5.37. The second-order valence-corrected chi connectivity index (χ2v) is 7.79. The summed E-state index contributed by atoms with van der Waals surface area (Å²) < 4.78 is 20.4. The quantitative estimate of drug-likeness (QED) is 0.138. The topological polar surface area (TPSA) is 259 Å². The SMILES string of the molecule is CC(O)C(O)C(O)C(O)OCC1OC(O)C(O)C(OC2OC(CO)C(O)C(O)C2O)C1O. The standard InChI is InChI=1S/C17H32O15/c1-4(19)7(20)11(24)15(27)29-3-6-9(22)14(13(26)16(28)30-6)32-17-12(25)10(23)8(21)5(2-18)31-17/h4-28H,2-3H2,1H3. The Morgan fingerprint density at radius 3 is 1.94 bits per heavy atom. The van der Waals surface area contributed by atoms with E-state index in [-0.39, 0.29) is 0 Å². The van der Waals surface area contributed by atoms with Gasteiger partial charge >= 0.3 is 0 Å². The Morgan fingerprint density at radius 1 is 0.750 bits per heavy atom. The van der Waals surface area contributed by atoms with Crippen molar-refractivity contribution in [1.29, 1.82) is 0 Å². The molecule has 14 atom stereocenters. The first-order valence-corrected chi connectivity index (χ1v) is 9.90. The van der Waals surface area contributed by atoms with Crippen molar-refractivity contribution in [2.45, 2.75) is 92.9 Å². The summed E-state index contributed by atoms with van der Waals surface area (Å²) in [5.74, 6) is 0. The lowest BCUT2D eigenvalue weighted by Gasteiger charge is -2.45. The molecule has 0 amide bonds. The highest BCUT2D eigenvalue weighted by atomic mass is 16.7. The zero-order valence-electron chi connectivity index (χ0n) is 17.0. The van der Waals surface area contributed by atoms with Gasteiger partial charge in [0.2, 0.25) is 0 Å². The summed E-state index contributed by atoms with van der Waals surface area (Å²) in [6, 6.07) is 0. The minimum absolute atomic E-state index is 0.690. The normalized spacial score (nSPS) is 44.6. The third-order valence-electron chi connectivity index (χ3n) is 5.37. The molecule has 2 fully saturated rings. The van der Waals surface area contributed by atoms with E-state index in [1.807, 2.05) is 0 Å². The van der Waals surface area contributed by atoms with E-state index in [2.05, 4.69) is 0 Å². The molecule has 190 valence electrons. The van der Waals surface area contributed by atoms with Crippen LogP contribution in [0.5, 0.6) is 0 Å². The van der Waals surface area contributed by atoms with Gasteiger partial charge in [-0.05, 0) is 6.92 Å². The molecule has 32 heavy (non-hydrogen) atoms. The number of aliphatic hydroxyl groups excluding tert-OH is 11. The van der Waals surface area contributed by atoms with Gasteiger partial charge < -0.3 is 75.1 Å². The van der Waals surface area contributed by atoms with Crippen molar-refractivity contribution in [3.8, 4) is 0 Å². The number of hydrogen-bond donors (Lipinski definition) is 11. The van der Waals surface area contributed by atoms with Crippen LogP contribution >= 0.6 is 0 Å². The smallest absolute Gasteiger partial charge is 0.187 e. The first kappa shape index (κ1) is 27.6. The van der Waals surface area contributed by atoms with Gasteiger partial charge in [-0.3, -0.25) is 0 Å². The Morgan fingerprint density at radius 2 is 1.38 bits per heavy atom. The second-order valence-electron chi connectivity index (χ2n) is 7.79. The van der Waals surface area contributed by atoms with Gasteiger partial charge in [0, 0.05) is 0 Å². The summed E-state index contributed by atoms with van der Waals surface area (Å²) in [6.07, 6.45) is -24.2. The van der Waals surface area contributed by atoms with Crippen LogP contribution in [0.3, 0.4) is 0 Å². The highest BCUT2D eigenvalue weighted by Crippen LogP contribution is 2.29. The molecule has 0 spiro atoms. The molecule has 0 radical (unpaired) electrons. The third kappa shape index (κ3) is 6.09. The van der Waals surface area contributed by atoms with Gasteiger partial charge in [0.05, 0.1) is 19.3 Å². The van der Waals surface area contributed by atoms with Gasteiger partial charge in [-0.1, -0.05) is 0 Å². The van der Waals surface area contributed by atoms with Gasteiger partial charge in [0.1, 0.15) is 61.0 Å². The number of aliphatic hydroxyl groups is 11. The fraction of sp³-hybridized carbons (Fsp3) is 1.00. The number of rotatable bonds is 9. The number of ether oxygens (including phenoxy) is 4. The lowest BCUT2D eigenvalue weighted by atomic mass is 9.97. The monoisotopic (exact) mass is 476 g/mol. The van der Waals surface area contributed by atoms with Crippen molar-refractivity contribution in [2.24, 2.45) is 0 Å². The summed E-state index contributed by atoms with van der Waals surface area (Å²) in [5.41, 5.74) is 0. The predicted octanol–water partition coefficient (Wildman–Crippen LogP) is -6.95. The van der Waals surface area contributed by atoms with Crippen LogP contribution in [0.1, 0.15) is 6.92 Å². The van der Waals surface area contributed by atoms with E-state index in [9.17, 15) is 56.2 Å². The highest BCUT2D eigenvalue weighted by Gasteiger charge is 2.50. The highest BCUT2D eigenvalue weighted by molar-refractivity contribution is 4.94. The lowest BCUT2D eigenvalue weighted by Crippen LogP contribution is -2.64. The minimum atomic E-state index is -2.02. The molecule has 2 rings (SSSR count). The van der Waals surface area contributed by atoms with E-state index in [1.54, 1.807) is 0 Å². The van der Waals surface area contributed by atoms with Crippen LogP contribution in [0.4, 0.5) is 0 Å². The molecule has 15 nitrogen and oxygen atoms in total.